The van der Waals surface area contributed by atoms with Gasteiger partial charge in [0.2, 0.25) is 0 Å². The van der Waals surface area contributed by atoms with Gasteiger partial charge in [-0.2, -0.15) is 0 Å². The smallest absolute Gasteiger partial charge is 2.00 e. The van der Waals surface area contributed by atoms with Crippen molar-refractivity contribution in [2.45, 2.75) is 0 Å². The van der Waals surface area contributed by atoms with Crippen LogP contribution in [0.3, 0.4) is 0 Å². The molecule has 0 saturated carbocycles. The molecule has 0 heterocycles. The van der Waals surface area contributed by atoms with Crippen LogP contribution in [0.25, 0.3) is 0 Å². The zero-order chi connectivity index (χ0) is 0. The summed E-state index contributed by atoms with van der Waals surface area (Å²) in [6, 6.07) is 0. The van der Waals surface area contributed by atoms with Gasteiger partial charge in [-0.3, -0.25) is 0 Å². The van der Waals surface area contributed by atoms with Crippen LogP contribution in [0.1, 0.15) is 0 Å². The van der Waals surface area contributed by atoms with Gasteiger partial charge in [0.15, 0.2) is 0 Å². The van der Waals surface area contributed by atoms with Gasteiger partial charge in [-0.25, -0.2) is 0 Å². The van der Waals surface area contributed by atoms with Gasteiger partial charge in [0.05, 0.1) is 0 Å². The van der Waals surface area contributed by atoms with Crippen LogP contribution in [0, 0.1) is 0 Å². The van der Waals surface area contributed by atoms with Gasteiger partial charge in [-0.1, -0.05) is 0 Å². The van der Waals surface area contributed by atoms with Gasteiger partial charge in [0, 0.05) is 0 Å². The van der Waals surface area contributed by atoms with Crippen molar-refractivity contribution in [3.8, 4) is 0 Å². The fourth-order valence-electron chi connectivity index (χ4n) is 0. The zero-order valence-corrected chi connectivity index (χ0v) is 13.3. The van der Waals surface area contributed by atoms with E-state index in [1.807, 2.05) is 0 Å². The fraction of sp³-hybridized carbons (Fsp3) is 0. The summed E-state index contributed by atoms with van der Waals surface area (Å²) in [6.45, 7) is 0. The number of hydrogen-bond acceptors (Lipinski definition) is 0. The summed E-state index contributed by atoms with van der Waals surface area (Å²) in [6.07, 6.45) is 0. The summed E-state index contributed by atoms with van der Waals surface area (Å²) in [5.41, 5.74) is 0. The maximum Gasteiger partial charge on any atom is 2.00 e. The molecule has 0 aromatic rings. The van der Waals surface area contributed by atoms with Crippen LogP contribution in [-0.4, -0.2) is 0 Å². The van der Waals surface area contributed by atoms with Crippen LogP contribution >= 0.6 is 0 Å². The molecule has 0 spiro atoms. The molecule has 0 aliphatic heterocycles. The molecule has 1 radical (unpaired) electrons. The molecule has 0 saturated heterocycles. The first-order chi connectivity index (χ1) is 0. The molecule has 6 heteroatoms. The second-order valence-corrected chi connectivity index (χ2v) is 0. The van der Waals surface area contributed by atoms with Crippen LogP contribution in [0.2, 0.25) is 0 Å². The van der Waals surface area contributed by atoms with E-state index in [1.54, 1.807) is 0 Å². The molecule has 0 amide bonds. The Labute approximate surface area is 103 Å². The van der Waals surface area contributed by atoms with Crippen molar-refractivity contribution in [2.75, 3.05) is 0 Å². The molecule has 0 bridgehead atoms. The summed E-state index contributed by atoms with van der Waals surface area (Å²) in [5, 5.41) is 0. The normalized spacial score (nSPS) is 0. The molecular formula is CdCuS3Zn. The first-order valence-electron chi connectivity index (χ1n) is 0. The van der Waals surface area contributed by atoms with E-state index in [0.717, 1.165) is 0 Å². The molecule has 0 fully saturated rings. The van der Waals surface area contributed by atoms with Crippen molar-refractivity contribution < 1.29 is 63.8 Å². The first-order valence-corrected chi connectivity index (χ1v) is 0. The predicted molar refractivity (Wildman–Crippen MR) is 22.1 cm³/mol. The minimum atomic E-state index is 0. The predicted octanol–water partition coefficient (Wildman–Crippen LogP) is -0.0147. The van der Waals surface area contributed by atoms with E-state index in [4.69, 9.17) is 0 Å². The fourth-order valence-corrected chi connectivity index (χ4v) is 0. The number of hydrogen-bond donors (Lipinski definition) is 0. The van der Waals surface area contributed by atoms with E-state index in [0.29, 0.717) is 0 Å². The third-order valence-corrected chi connectivity index (χ3v) is 0. The van der Waals surface area contributed by atoms with Gasteiger partial charge in [0.1, 0.15) is 0 Å². The molecular weight excluding hydrogens is 338 g/mol. The summed E-state index contributed by atoms with van der Waals surface area (Å²) in [7, 11) is 0. The third kappa shape index (κ3) is 27.4. The Morgan fingerprint density at radius 3 is 0.667 bits per heavy atom. The molecule has 0 N–H and O–H groups in total. The largest absolute Gasteiger partial charge is 2.00 e. The van der Waals surface area contributed by atoms with Gasteiger partial charge in [-0.05, 0) is 0 Å². The first kappa shape index (κ1) is 61.9. The zero-order valence-electron chi connectivity index (χ0n) is 2.94. The average Bonchev–Trinajstić information content (AvgIpc) is 0. The van der Waals surface area contributed by atoms with Crippen molar-refractivity contribution in [1.29, 1.82) is 0 Å². The van der Waals surface area contributed by atoms with Crippen LogP contribution in [-0.2, 0) is 104 Å². The van der Waals surface area contributed by atoms with E-state index >= 15 is 0 Å². The van der Waals surface area contributed by atoms with Crippen LogP contribution in [0.5, 0.6) is 0 Å². The molecule has 33 valence electrons. The molecule has 0 unspecified atom stereocenters. The average molecular weight is 338 g/mol. The van der Waals surface area contributed by atoms with Gasteiger partial charge in [0.25, 0.3) is 0 Å². The Kier molecular flexibility index (Phi) is 437. The molecule has 0 aromatic carbocycles. The van der Waals surface area contributed by atoms with E-state index < -0.39 is 0 Å². The third-order valence-electron chi connectivity index (χ3n) is 0. The molecule has 0 aliphatic rings. The summed E-state index contributed by atoms with van der Waals surface area (Å²) >= 11 is 0. The SMILES string of the molecule is [Cd+2].[Cu+2].[S-2].[S-2].[S-2].[Zn+2]. The Hall–Kier alpha value is 3.11. The molecule has 0 aromatic heterocycles. The second-order valence-electron chi connectivity index (χ2n) is 0. The van der Waals surface area contributed by atoms with Gasteiger partial charge in [-0.15, -0.1) is 0 Å². The van der Waals surface area contributed by atoms with Crippen molar-refractivity contribution in [3.05, 3.63) is 0 Å². The maximum absolute atomic E-state index is 0. The minimum absolute atomic E-state index is 0. The maximum atomic E-state index is 0. The van der Waals surface area contributed by atoms with Crippen molar-refractivity contribution in [1.82, 2.24) is 0 Å². The number of rotatable bonds is 0. The molecule has 0 atom stereocenters. The van der Waals surface area contributed by atoms with Crippen molar-refractivity contribution in [2.24, 2.45) is 0 Å². The van der Waals surface area contributed by atoms with Gasteiger partial charge < -0.3 is 40.5 Å². The van der Waals surface area contributed by atoms with Crippen LogP contribution in [0.15, 0.2) is 0 Å². The summed E-state index contributed by atoms with van der Waals surface area (Å²) in [5.74, 6) is 0. The Morgan fingerprint density at radius 1 is 0.667 bits per heavy atom. The van der Waals surface area contributed by atoms with E-state index in [-0.39, 0.29) is 104 Å². The van der Waals surface area contributed by atoms with Gasteiger partial charge >= 0.3 is 63.8 Å². The van der Waals surface area contributed by atoms with Crippen LogP contribution < -0.4 is 0 Å². The summed E-state index contributed by atoms with van der Waals surface area (Å²) in [4.78, 5) is 0. The Balaban J connectivity index is 0. The second kappa shape index (κ2) is 42.3. The van der Waals surface area contributed by atoms with E-state index in [2.05, 4.69) is 0 Å². The molecule has 0 nitrogen and oxygen atoms in total. The molecule has 6 heavy (non-hydrogen) atoms. The van der Waals surface area contributed by atoms with E-state index in [1.165, 1.54) is 0 Å². The molecule has 0 rings (SSSR count). The van der Waals surface area contributed by atoms with Crippen LogP contribution in [0.4, 0.5) is 0 Å². The Morgan fingerprint density at radius 2 is 0.667 bits per heavy atom. The molecule has 0 aliphatic carbocycles. The van der Waals surface area contributed by atoms with Crippen molar-refractivity contribution in [3.63, 3.8) is 0 Å². The van der Waals surface area contributed by atoms with E-state index in [9.17, 15) is 0 Å². The minimum Gasteiger partial charge on any atom is -2.00 e. The Bertz CT molecular complexity index is 10.8. The quantitative estimate of drug-likeness (QED) is 0.545. The topological polar surface area (TPSA) is 0 Å². The summed E-state index contributed by atoms with van der Waals surface area (Å²) < 4.78 is 0. The monoisotopic (exact) mass is 337 g/mol. The standard InChI is InChI=1S/Cd.Cu.3S.Zn/q2*+2;3*-2;+2. The van der Waals surface area contributed by atoms with Crippen molar-refractivity contribution >= 4 is 40.5 Å².